The molecule has 0 spiro atoms. The van der Waals surface area contributed by atoms with Crippen LogP contribution in [0.2, 0.25) is 0 Å². The summed E-state index contributed by atoms with van der Waals surface area (Å²) in [7, 11) is 1.68. The second kappa shape index (κ2) is 5.50. The zero-order valence-corrected chi connectivity index (χ0v) is 8.73. The maximum Gasteiger partial charge on any atom is 0.329 e. The van der Waals surface area contributed by atoms with Crippen molar-refractivity contribution in [2.24, 2.45) is 0 Å². The van der Waals surface area contributed by atoms with Crippen molar-refractivity contribution in [2.75, 3.05) is 20.3 Å². The van der Waals surface area contributed by atoms with E-state index in [-0.39, 0.29) is 12.5 Å². The second-order valence-corrected chi connectivity index (χ2v) is 3.43. The molecule has 0 saturated carbocycles. The standard InChI is InChI=1S/C10H15NO4/c1-11(8-4-2-3-5-8)9(12)6-15-7-10(13)14/h4H,2-3,5-7H2,1H3,(H,13,14). The maximum absolute atomic E-state index is 11.5. The van der Waals surface area contributed by atoms with Crippen LogP contribution in [0.25, 0.3) is 0 Å². The Morgan fingerprint density at radius 2 is 2.27 bits per heavy atom. The van der Waals surface area contributed by atoms with E-state index in [0.717, 1.165) is 25.0 Å². The third kappa shape index (κ3) is 3.71. The fraction of sp³-hybridized carbons (Fsp3) is 0.600. The molecule has 0 atom stereocenters. The summed E-state index contributed by atoms with van der Waals surface area (Å²) in [6, 6.07) is 0. The lowest BCUT2D eigenvalue weighted by Crippen LogP contribution is -2.30. The van der Waals surface area contributed by atoms with Gasteiger partial charge in [-0.05, 0) is 19.3 Å². The molecule has 0 aromatic heterocycles. The minimum Gasteiger partial charge on any atom is -0.480 e. The van der Waals surface area contributed by atoms with Crippen LogP contribution >= 0.6 is 0 Å². The van der Waals surface area contributed by atoms with Gasteiger partial charge < -0.3 is 14.7 Å². The van der Waals surface area contributed by atoms with Crippen LogP contribution in [-0.4, -0.2) is 42.1 Å². The number of allylic oxidation sites excluding steroid dienone is 2. The molecule has 0 saturated heterocycles. The number of ether oxygens (including phenoxy) is 1. The molecule has 0 unspecified atom stereocenters. The van der Waals surface area contributed by atoms with Crippen molar-refractivity contribution in [1.82, 2.24) is 4.90 Å². The maximum atomic E-state index is 11.5. The molecule has 84 valence electrons. The van der Waals surface area contributed by atoms with Crippen molar-refractivity contribution < 1.29 is 19.4 Å². The molecule has 5 nitrogen and oxygen atoms in total. The molecular formula is C10H15NO4. The summed E-state index contributed by atoms with van der Waals surface area (Å²) in [5.41, 5.74) is 0.999. The fourth-order valence-corrected chi connectivity index (χ4v) is 1.44. The van der Waals surface area contributed by atoms with E-state index >= 15 is 0 Å². The van der Waals surface area contributed by atoms with Crippen LogP contribution in [0.1, 0.15) is 19.3 Å². The van der Waals surface area contributed by atoms with E-state index in [1.165, 1.54) is 4.90 Å². The Morgan fingerprint density at radius 1 is 1.53 bits per heavy atom. The van der Waals surface area contributed by atoms with Crippen molar-refractivity contribution in [3.05, 3.63) is 11.8 Å². The van der Waals surface area contributed by atoms with E-state index in [4.69, 9.17) is 9.84 Å². The number of nitrogens with zero attached hydrogens (tertiary/aromatic N) is 1. The number of carboxylic acids is 1. The molecule has 5 heteroatoms. The number of carboxylic acid groups (broad SMARTS) is 1. The molecule has 0 aliphatic heterocycles. The summed E-state index contributed by atoms with van der Waals surface area (Å²) in [4.78, 5) is 23.2. The highest BCUT2D eigenvalue weighted by atomic mass is 16.5. The van der Waals surface area contributed by atoms with Crippen LogP contribution in [0.5, 0.6) is 0 Å². The normalized spacial score (nSPS) is 14.9. The molecule has 1 aliphatic carbocycles. The van der Waals surface area contributed by atoms with Crippen LogP contribution in [0, 0.1) is 0 Å². The van der Waals surface area contributed by atoms with Crippen molar-refractivity contribution in [3.8, 4) is 0 Å². The minimum absolute atomic E-state index is 0.180. The SMILES string of the molecule is CN(C(=O)COCC(=O)O)C1=CCCC1. The predicted molar refractivity (Wildman–Crippen MR) is 53.2 cm³/mol. The van der Waals surface area contributed by atoms with E-state index < -0.39 is 12.6 Å². The van der Waals surface area contributed by atoms with Crippen LogP contribution in [-0.2, 0) is 14.3 Å². The lowest BCUT2D eigenvalue weighted by atomic mass is 10.3. The van der Waals surface area contributed by atoms with E-state index in [2.05, 4.69) is 0 Å². The number of rotatable bonds is 5. The molecule has 1 rings (SSSR count). The molecule has 0 heterocycles. The van der Waals surface area contributed by atoms with Gasteiger partial charge in [0.1, 0.15) is 13.2 Å². The van der Waals surface area contributed by atoms with Gasteiger partial charge >= 0.3 is 5.97 Å². The zero-order valence-electron chi connectivity index (χ0n) is 8.73. The minimum atomic E-state index is -1.06. The van der Waals surface area contributed by atoms with E-state index in [1.54, 1.807) is 7.05 Å². The zero-order chi connectivity index (χ0) is 11.3. The highest BCUT2D eigenvalue weighted by molar-refractivity contribution is 5.79. The Balaban J connectivity index is 2.30. The van der Waals surface area contributed by atoms with E-state index in [9.17, 15) is 9.59 Å². The first-order valence-corrected chi connectivity index (χ1v) is 4.86. The van der Waals surface area contributed by atoms with Crippen molar-refractivity contribution in [1.29, 1.82) is 0 Å². The van der Waals surface area contributed by atoms with Gasteiger partial charge in [-0.1, -0.05) is 6.08 Å². The third-order valence-corrected chi connectivity index (χ3v) is 2.27. The summed E-state index contributed by atoms with van der Waals surface area (Å²) >= 11 is 0. The number of amides is 1. The van der Waals surface area contributed by atoms with Gasteiger partial charge in [0.25, 0.3) is 5.91 Å². The molecule has 0 radical (unpaired) electrons. The molecule has 1 aliphatic rings. The quantitative estimate of drug-likeness (QED) is 0.726. The van der Waals surface area contributed by atoms with Crippen molar-refractivity contribution in [3.63, 3.8) is 0 Å². The van der Waals surface area contributed by atoms with Gasteiger partial charge in [-0.15, -0.1) is 0 Å². The average Bonchev–Trinajstić information content (AvgIpc) is 2.68. The second-order valence-electron chi connectivity index (χ2n) is 3.43. The summed E-state index contributed by atoms with van der Waals surface area (Å²) < 4.78 is 4.72. The largest absolute Gasteiger partial charge is 0.480 e. The molecular weight excluding hydrogens is 198 g/mol. The Kier molecular flexibility index (Phi) is 4.30. The van der Waals surface area contributed by atoms with Crippen LogP contribution in [0.4, 0.5) is 0 Å². The molecule has 1 N–H and O–H groups in total. The molecule has 0 fully saturated rings. The molecule has 0 aromatic rings. The molecule has 1 amide bonds. The van der Waals surface area contributed by atoms with Crippen LogP contribution < -0.4 is 0 Å². The number of likely N-dealkylation sites (N-methyl/N-ethyl adjacent to an activating group) is 1. The van der Waals surface area contributed by atoms with Gasteiger partial charge in [-0.3, -0.25) is 4.79 Å². The van der Waals surface area contributed by atoms with Crippen LogP contribution in [0.15, 0.2) is 11.8 Å². The average molecular weight is 213 g/mol. The topological polar surface area (TPSA) is 66.8 Å². The lowest BCUT2D eigenvalue weighted by molar-refractivity contribution is -0.145. The summed E-state index contributed by atoms with van der Waals surface area (Å²) in [5.74, 6) is -1.27. The molecule has 0 bridgehead atoms. The first kappa shape index (κ1) is 11.7. The first-order chi connectivity index (χ1) is 7.11. The van der Waals surface area contributed by atoms with E-state index in [0.29, 0.717) is 0 Å². The summed E-state index contributed by atoms with van der Waals surface area (Å²) in [6.07, 6.45) is 5.00. The number of carbonyl (C=O) groups is 2. The van der Waals surface area contributed by atoms with Crippen molar-refractivity contribution >= 4 is 11.9 Å². The van der Waals surface area contributed by atoms with Gasteiger partial charge in [-0.25, -0.2) is 4.79 Å². The fourth-order valence-electron chi connectivity index (χ4n) is 1.44. The lowest BCUT2D eigenvalue weighted by Gasteiger charge is -2.18. The number of hydrogen-bond acceptors (Lipinski definition) is 3. The highest BCUT2D eigenvalue weighted by Gasteiger charge is 2.16. The molecule has 15 heavy (non-hydrogen) atoms. The number of carbonyl (C=O) groups excluding carboxylic acids is 1. The van der Waals surface area contributed by atoms with E-state index in [1.807, 2.05) is 6.08 Å². The Morgan fingerprint density at radius 3 is 2.80 bits per heavy atom. The molecule has 0 aromatic carbocycles. The first-order valence-electron chi connectivity index (χ1n) is 4.86. The van der Waals surface area contributed by atoms with Gasteiger partial charge in [0.15, 0.2) is 0 Å². The number of hydrogen-bond donors (Lipinski definition) is 1. The highest BCUT2D eigenvalue weighted by Crippen LogP contribution is 2.19. The Hall–Kier alpha value is -1.36. The monoisotopic (exact) mass is 213 g/mol. The van der Waals surface area contributed by atoms with Gasteiger partial charge in [0, 0.05) is 12.7 Å². The van der Waals surface area contributed by atoms with Crippen molar-refractivity contribution in [2.45, 2.75) is 19.3 Å². The summed E-state index contributed by atoms with van der Waals surface area (Å²) in [6.45, 7) is -0.612. The van der Waals surface area contributed by atoms with Crippen LogP contribution in [0.3, 0.4) is 0 Å². The smallest absolute Gasteiger partial charge is 0.329 e. The third-order valence-electron chi connectivity index (χ3n) is 2.27. The van der Waals surface area contributed by atoms with Gasteiger partial charge in [-0.2, -0.15) is 0 Å². The Labute approximate surface area is 88.3 Å². The summed E-state index contributed by atoms with van der Waals surface area (Å²) in [5, 5.41) is 8.32. The predicted octanol–water partition coefficient (Wildman–Crippen LogP) is 0.614. The van der Waals surface area contributed by atoms with Gasteiger partial charge in [0.05, 0.1) is 0 Å². The Bertz CT molecular complexity index is 285. The number of aliphatic carboxylic acids is 1. The van der Waals surface area contributed by atoms with Gasteiger partial charge in [0.2, 0.25) is 0 Å².